The number of hydrogen-bond donors (Lipinski definition) is 1. The molecule has 19 heavy (non-hydrogen) atoms. The van der Waals surface area contributed by atoms with Gasteiger partial charge in [0.15, 0.2) is 0 Å². The lowest BCUT2D eigenvalue weighted by Gasteiger charge is -2.31. The van der Waals surface area contributed by atoms with Crippen LogP contribution in [0.15, 0.2) is 22.7 Å². The van der Waals surface area contributed by atoms with Crippen LogP contribution in [0, 0.1) is 11.3 Å². The number of benzene rings is 1. The van der Waals surface area contributed by atoms with E-state index in [9.17, 15) is 0 Å². The molecule has 1 atom stereocenters. The molecule has 1 aliphatic carbocycles. The van der Waals surface area contributed by atoms with Gasteiger partial charge in [-0.1, -0.05) is 54.4 Å². The second-order valence-electron chi connectivity index (χ2n) is 6.69. The molecule has 2 rings (SSSR count). The number of halogens is 2. The second-order valence-corrected chi connectivity index (χ2v) is 8.01. The second kappa shape index (κ2) is 6.15. The van der Waals surface area contributed by atoms with E-state index in [0.717, 1.165) is 28.5 Å². The normalized spacial score (nSPS) is 17.5. The summed E-state index contributed by atoms with van der Waals surface area (Å²) in [5, 5.41) is 4.53. The summed E-state index contributed by atoms with van der Waals surface area (Å²) >= 11 is 9.81. The van der Waals surface area contributed by atoms with Crippen molar-refractivity contribution >= 4 is 27.5 Å². The molecule has 0 radical (unpaired) electrons. The summed E-state index contributed by atoms with van der Waals surface area (Å²) < 4.78 is 1.05. The summed E-state index contributed by atoms with van der Waals surface area (Å²) in [4.78, 5) is 0. The van der Waals surface area contributed by atoms with E-state index in [0.29, 0.717) is 5.92 Å². The highest BCUT2D eigenvalue weighted by molar-refractivity contribution is 9.10. The molecule has 106 valence electrons. The van der Waals surface area contributed by atoms with Crippen molar-refractivity contribution in [1.82, 2.24) is 5.32 Å². The Bertz CT molecular complexity index is 435. The van der Waals surface area contributed by atoms with Gasteiger partial charge in [0.2, 0.25) is 0 Å². The van der Waals surface area contributed by atoms with E-state index in [1.807, 2.05) is 6.07 Å². The van der Waals surface area contributed by atoms with Crippen LogP contribution in [-0.2, 0) is 6.42 Å². The molecule has 1 unspecified atom stereocenters. The predicted molar refractivity (Wildman–Crippen MR) is 86.8 cm³/mol. The van der Waals surface area contributed by atoms with Gasteiger partial charge in [-0.3, -0.25) is 0 Å². The molecule has 0 aromatic heterocycles. The van der Waals surface area contributed by atoms with Crippen LogP contribution in [0.2, 0.25) is 5.02 Å². The molecule has 1 aromatic rings. The lowest BCUT2D eigenvalue weighted by atomic mass is 9.77. The molecule has 0 heterocycles. The monoisotopic (exact) mass is 343 g/mol. The molecule has 1 nitrogen and oxygen atoms in total. The Hall–Kier alpha value is -0.0500. The van der Waals surface area contributed by atoms with Crippen molar-refractivity contribution < 1.29 is 0 Å². The third kappa shape index (κ3) is 4.77. The fourth-order valence-corrected chi connectivity index (χ4v) is 2.98. The Morgan fingerprint density at radius 3 is 2.58 bits per heavy atom. The highest BCUT2D eigenvalue weighted by Gasteiger charge is 2.28. The first-order valence-electron chi connectivity index (χ1n) is 7.03. The van der Waals surface area contributed by atoms with E-state index < -0.39 is 0 Å². The maximum Gasteiger partial charge on any atom is 0.0449 e. The summed E-state index contributed by atoms with van der Waals surface area (Å²) in [7, 11) is 0. The minimum absolute atomic E-state index is 0.290. The molecule has 1 saturated carbocycles. The molecule has 1 N–H and O–H groups in total. The highest BCUT2D eigenvalue weighted by atomic mass is 79.9. The van der Waals surface area contributed by atoms with E-state index in [1.165, 1.54) is 18.4 Å². The van der Waals surface area contributed by atoms with Gasteiger partial charge in [0, 0.05) is 15.5 Å². The molecule has 3 heteroatoms. The fraction of sp³-hybridized carbons (Fsp3) is 0.625. The minimum Gasteiger partial charge on any atom is -0.314 e. The van der Waals surface area contributed by atoms with Crippen LogP contribution >= 0.6 is 27.5 Å². The molecule has 1 aliphatic rings. The molecule has 0 amide bonds. The molecule has 1 aromatic carbocycles. The fourth-order valence-electron chi connectivity index (χ4n) is 2.23. The van der Waals surface area contributed by atoms with Crippen molar-refractivity contribution in [2.24, 2.45) is 11.3 Å². The maximum atomic E-state index is 6.35. The smallest absolute Gasteiger partial charge is 0.0449 e. The standard InChI is InChI=1S/C16H23BrClN/c1-16(2,3)12(10-19-14-6-7-14)8-11-4-5-13(17)9-15(11)18/h4-5,9,12,14,19H,6-8,10H2,1-3H3. The summed E-state index contributed by atoms with van der Waals surface area (Å²) in [5.74, 6) is 0.603. The van der Waals surface area contributed by atoms with Crippen LogP contribution in [-0.4, -0.2) is 12.6 Å². The third-order valence-corrected chi connectivity index (χ3v) is 4.78. The molecule has 0 bridgehead atoms. The zero-order chi connectivity index (χ0) is 14.0. The molecular weight excluding hydrogens is 322 g/mol. The molecular formula is C16H23BrClN. The van der Waals surface area contributed by atoms with Gasteiger partial charge in [-0.25, -0.2) is 0 Å². The number of hydrogen-bond acceptors (Lipinski definition) is 1. The van der Waals surface area contributed by atoms with Crippen molar-refractivity contribution in [3.8, 4) is 0 Å². The van der Waals surface area contributed by atoms with Gasteiger partial charge in [0.1, 0.15) is 0 Å². The van der Waals surface area contributed by atoms with E-state index >= 15 is 0 Å². The maximum absolute atomic E-state index is 6.35. The van der Waals surface area contributed by atoms with Crippen molar-refractivity contribution in [2.75, 3.05) is 6.54 Å². The van der Waals surface area contributed by atoms with Crippen LogP contribution in [0.4, 0.5) is 0 Å². The SMILES string of the molecule is CC(C)(C)C(CNC1CC1)Cc1ccc(Br)cc1Cl. The Kier molecular flexibility index (Phi) is 4.97. The van der Waals surface area contributed by atoms with Crippen molar-refractivity contribution in [2.45, 2.75) is 46.1 Å². The minimum atomic E-state index is 0.290. The van der Waals surface area contributed by atoms with Gasteiger partial charge < -0.3 is 5.32 Å². The van der Waals surface area contributed by atoms with Crippen LogP contribution in [0.25, 0.3) is 0 Å². The van der Waals surface area contributed by atoms with Crippen molar-refractivity contribution in [3.05, 3.63) is 33.3 Å². The largest absolute Gasteiger partial charge is 0.314 e. The molecule has 0 spiro atoms. The molecule has 0 aliphatic heterocycles. The van der Waals surface area contributed by atoms with Gasteiger partial charge >= 0.3 is 0 Å². The predicted octanol–water partition coefficient (Wildman–Crippen LogP) is 5.06. The van der Waals surface area contributed by atoms with E-state index in [-0.39, 0.29) is 5.41 Å². The lowest BCUT2D eigenvalue weighted by Crippen LogP contribution is -2.34. The van der Waals surface area contributed by atoms with Gasteiger partial charge in [-0.2, -0.15) is 0 Å². The third-order valence-electron chi connectivity index (χ3n) is 3.94. The number of nitrogens with one attached hydrogen (secondary N) is 1. The van der Waals surface area contributed by atoms with Gasteiger partial charge in [0.25, 0.3) is 0 Å². The first-order chi connectivity index (χ1) is 8.86. The summed E-state index contributed by atoms with van der Waals surface area (Å²) in [6, 6.07) is 6.98. The Morgan fingerprint density at radius 1 is 1.37 bits per heavy atom. The topological polar surface area (TPSA) is 12.0 Å². The van der Waals surface area contributed by atoms with Gasteiger partial charge in [-0.15, -0.1) is 0 Å². The highest BCUT2D eigenvalue weighted by Crippen LogP contribution is 2.32. The van der Waals surface area contributed by atoms with Crippen molar-refractivity contribution in [3.63, 3.8) is 0 Å². The quantitative estimate of drug-likeness (QED) is 0.787. The summed E-state index contributed by atoms with van der Waals surface area (Å²) in [6.07, 6.45) is 3.72. The zero-order valence-corrected chi connectivity index (χ0v) is 14.3. The van der Waals surface area contributed by atoms with Crippen LogP contribution in [0.1, 0.15) is 39.2 Å². The molecule has 0 saturated heterocycles. The summed E-state index contributed by atoms with van der Waals surface area (Å²) in [5.41, 5.74) is 1.54. The lowest BCUT2D eigenvalue weighted by molar-refractivity contribution is 0.230. The first-order valence-corrected chi connectivity index (χ1v) is 8.20. The van der Waals surface area contributed by atoms with Crippen LogP contribution in [0.5, 0.6) is 0 Å². The first kappa shape index (κ1) is 15.3. The Morgan fingerprint density at radius 2 is 2.05 bits per heavy atom. The van der Waals surface area contributed by atoms with Crippen molar-refractivity contribution in [1.29, 1.82) is 0 Å². The Balaban J connectivity index is 2.05. The molecule has 1 fully saturated rings. The number of rotatable bonds is 5. The van der Waals surface area contributed by atoms with Crippen LogP contribution < -0.4 is 5.32 Å². The zero-order valence-electron chi connectivity index (χ0n) is 12.0. The van der Waals surface area contributed by atoms with Gasteiger partial charge in [-0.05, 0) is 54.8 Å². The van der Waals surface area contributed by atoms with E-state index in [1.54, 1.807) is 0 Å². The Labute approximate surface area is 130 Å². The van der Waals surface area contributed by atoms with Gasteiger partial charge in [0.05, 0.1) is 0 Å². The average Bonchev–Trinajstić information content (AvgIpc) is 3.09. The average molecular weight is 345 g/mol. The van der Waals surface area contributed by atoms with E-state index in [4.69, 9.17) is 11.6 Å². The van der Waals surface area contributed by atoms with E-state index in [2.05, 4.69) is 54.2 Å². The summed E-state index contributed by atoms with van der Waals surface area (Å²) in [6.45, 7) is 8.04. The van der Waals surface area contributed by atoms with Crippen LogP contribution in [0.3, 0.4) is 0 Å².